The molecule has 0 saturated carbocycles. The maximum atomic E-state index is 12.3. The molecule has 4 rings (SSSR count). The predicted molar refractivity (Wildman–Crippen MR) is 103 cm³/mol. The Bertz CT molecular complexity index is 1030. The van der Waals surface area contributed by atoms with Gasteiger partial charge in [-0.15, -0.1) is 11.3 Å². The van der Waals surface area contributed by atoms with E-state index in [0.29, 0.717) is 13.0 Å². The van der Waals surface area contributed by atoms with Crippen molar-refractivity contribution in [3.63, 3.8) is 0 Å². The predicted octanol–water partition coefficient (Wildman–Crippen LogP) is 3.63. The van der Waals surface area contributed by atoms with Crippen LogP contribution in [0.25, 0.3) is 16.2 Å². The van der Waals surface area contributed by atoms with E-state index in [-0.39, 0.29) is 5.91 Å². The zero-order chi connectivity index (χ0) is 17.9. The second kappa shape index (κ2) is 7.09. The van der Waals surface area contributed by atoms with Crippen molar-refractivity contribution in [3.8, 4) is 11.3 Å². The molecule has 130 valence electrons. The highest BCUT2D eigenvalue weighted by atomic mass is 32.1. The maximum absolute atomic E-state index is 12.3. The summed E-state index contributed by atoms with van der Waals surface area (Å²) in [5, 5.41) is 4.94. The van der Waals surface area contributed by atoms with Crippen LogP contribution in [0.4, 0.5) is 0 Å². The molecule has 1 aromatic carbocycles. The summed E-state index contributed by atoms with van der Waals surface area (Å²) in [4.78, 5) is 21.8. The summed E-state index contributed by atoms with van der Waals surface area (Å²) in [7, 11) is 0. The number of aromatic nitrogens is 3. The molecule has 0 aliphatic heterocycles. The maximum Gasteiger partial charge on any atom is 0.226 e. The van der Waals surface area contributed by atoms with Gasteiger partial charge in [0, 0.05) is 41.8 Å². The van der Waals surface area contributed by atoms with Gasteiger partial charge in [0.15, 0.2) is 4.96 Å². The normalized spacial score (nSPS) is 11.0. The monoisotopic (exact) mass is 362 g/mol. The molecule has 26 heavy (non-hydrogen) atoms. The van der Waals surface area contributed by atoms with Gasteiger partial charge < -0.3 is 5.32 Å². The van der Waals surface area contributed by atoms with E-state index < -0.39 is 0 Å². The molecule has 5 nitrogen and oxygen atoms in total. The molecule has 0 saturated heterocycles. The average molecular weight is 362 g/mol. The van der Waals surface area contributed by atoms with E-state index in [9.17, 15) is 4.79 Å². The Morgan fingerprint density at radius 1 is 1.15 bits per heavy atom. The lowest BCUT2D eigenvalue weighted by molar-refractivity contribution is -0.120. The van der Waals surface area contributed by atoms with Crippen LogP contribution in [0.5, 0.6) is 0 Å². The van der Waals surface area contributed by atoms with Crippen LogP contribution in [0.15, 0.2) is 60.4 Å². The van der Waals surface area contributed by atoms with Crippen molar-refractivity contribution in [3.05, 3.63) is 77.2 Å². The standard InChI is InChI=1S/C20H18N4OS/c1-14-2-4-16(5-3-14)18-12-24-17(13-26-20(24)23-18)10-19(25)22-11-15-6-8-21-9-7-15/h2-9,12-13H,10-11H2,1H3,(H,22,25). The lowest BCUT2D eigenvalue weighted by Crippen LogP contribution is -2.24. The van der Waals surface area contributed by atoms with Gasteiger partial charge in [0.25, 0.3) is 0 Å². The number of carbonyl (C=O) groups is 1. The van der Waals surface area contributed by atoms with Crippen LogP contribution in [0.3, 0.4) is 0 Å². The Hall–Kier alpha value is -2.99. The summed E-state index contributed by atoms with van der Waals surface area (Å²) in [6.45, 7) is 2.57. The number of pyridine rings is 1. The zero-order valence-electron chi connectivity index (χ0n) is 14.3. The van der Waals surface area contributed by atoms with Crippen molar-refractivity contribution in [2.75, 3.05) is 0 Å². The number of aryl methyl sites for hydroxylation is 1. The summed E-state index contributed by atoms with van der Waals surface area (Å²) in [5.74, 6) is -0.00732. The number of rotatable bonds is 5. The fourth-order valence-corrected chi connectivity index (χ4v) is 3.62. The van der Waals surface area contributed by atoms with Crippen molar-refractivity contribution in [1.82, 2.24) is 19.7 Å². The van der Waals surface area contributed by atoms with E-state index >= 15 is 0 Å². The number of benzene rings is 1. The van der Waals surface area contributed by atoms with Gasteiger partial charge in [-0.1, -0.05) is 29.8 Å². The van der Waals surface area contributed by atoms with Gasteiger partial charge in [0.05, 0.1) is 12.1 Å². The second-order valence-corrected chi connectivity index (χ2v) is 7.02. The molecule has 4 aromatic rings. The number of amides is 1. The fourth-order valence-electron chi connectivity index (χ4n) is 2.75. The quantitative estimate of drug-likeness (QED) is 0.590. The van der Waals surface area contributed by atoms with Crippen LogP contribution in [0, 0.1) is 6.92 Å². The molecule has 0 aliphatic rings. The summed E-state index contributed by atoms with van der Waals surface area (Å²) >= 11 is 1.55. The summed E-state index contributed by atoms with van der Waals surface area (Å²) in [5.41, 5.74) is 5.22. The van der Waals surface area contributed by atoms with Crippen LogP contribution in [-0.4, -0.2) is 20.3 Å². The average Bonchev–Trinajstić information content (AvgIpc) is 3.24. The van der Waals surface area contributed by atoms with Gasteiger partial charge in [-0.25, -0.2) is 4.98 Å². The molecule has 0 bridgehead atoms. The van der Waals surface area contributed by atoms with E-state index in [2.05, 4.69) is 46.5 Å². The SMILES string of the molecule is Cc1ccc(-c2cn3c(CC(=O)NCc4ccncc4)csc3n2)cc1. The highest BCUT2D eigenvalue weighted by Gasteiger charge is 2.12. The number of thiazole rings is 1. The number of hydrogen-bond acceptors (Lipinski definition) is 4. The molecular formula is C20H18N4OS. The molecule has 3 heterocycles. The number of nitrogens with zero attached hydrogens (tertiary/aromatic N) is 3. The Kier molecular flexibility index (Phi) is 4.50. The molecule has 0 aliphatic carbocycles. The summed E-state index contributed by atoms with van der Waals surface area (Å²) < 4.78 is 2.01. The Labute approximate surface area is 155 Å². The molecule has 0 fully saturated rings. The van der Waals surface area contributed by atoms with Crippen LogP contribution in [0.2, 0.25) is 0 Å². The minimum Gasteiger partial charge on any atom is -0.352 e. The smallest absolute Gasteiger partial charge is 0.226 e. The van der Waals surface area contributed by atoms with Crippen molar-refractivity contribution in [2.45, 2.75) is 19.9 Å². The highest BCUT2D eigenvalue weighted by Crippen LogP contribution is 2.24. The van der Waals surface area contributed by atoms with E-state index in [1.54, 1.807) is 23.7 Å². The van der Waals surface area contributed by atoms with Crippen molar-refractivity contribution in [1.29, 1.82) is 0 Å². The lowest BCUT2D eigenvalue weighted by Gasteiger charge is -2.04. The van der Waals surface area contributed by atoms with Crippen LogP contribution < -0.4 is 5.32 Å². The van der Waals surface area contributed by atoms with Crippen molar-refractivity contribution in [2.24, 2.45) is 0 Å². The van der Waals surface area contributed by atoms with E-state index in [4.69, 9.17) is 0 Å². The second-order valence-electron chi connectivity index (χ2n) is 6.18. The van der Waals surface area contributed by atoms with Crippen LogP contribution in [-0.2, 0) is 17.8 Å². The van der Waals surface area contributed by atoms with E-state index in [1.807, 2.05) is 28.1 Å². The van der Waals surface area contributed by atoms with Crippen molar-refractivity contribution < 1.29 is 4.79 Å². The Morgan fingerprint density at radius 2 is 1.92 bits per heavy atom. The Morgan fingerprint density at radius 3 is 2.69 bits per heavy atom. The topological polar surface area (TPSA) is 59.3 Å². The first-order chi connectivity index (χ1) is 12.7. The summed E-state index contributed by atoms with van der Waals surface area (Å²) in [6.07, 6.45) is 5.78. The number of hydrogen-bond donors (Lipinski definition) is 1. The van der Waals surface area contributed by atoms with Gasteiger partial charge in [-0.3, -0.25) is 14.2 Å². The highest BCUT2D eigenvalue weighted by molar-refractivity contribution is 7.15. The zero-order valence-corrected chi connectivity index (χ0v) is 15.2. The Balaban J connectivity index is 1.48. The minimum absolute atomic E-state index is 0.00732. The molecule has 1 N–H and O–H groups in total. The van der Waals surface area contributed by atoms with E-state index in [1.165, 1.54) is 5.56 Å². The first kappa shape index (κ1) is 16.5. The van der Waals surface area contributed by atoms with Gasteiger partial charge in [0.1, 0.15) is 0 Å². The minimum atomic E-state index is -0.00732. The number of imidazole rings is 1. The van der Waals surface area contributed by atoms with Gasteiger partial charge in [-0.2, -0.15) is 0 Å². The van der Waals surface area contributed by atoms with Crippen LogP contribution >= 0.6 is 11.3 Å². The molecule has 0 radical (unpaired) electrons. The first-order valence-electron chi connectivity index (χ1n) is 8.37. The van der Waals surface area contributed by atoms with Gasteiger partial charge in [0.2, 0.25) is 5.91 Å². The third-order valence-corrected chi connectivity index (χ3v) is 5.10. The lowest BCUT2D eigenvalue weighted by atomic mass is 10.1. The molecule has 0 unspecified atom stereocenters. The number of nitrogens with one attached hydrogen (secondary N) is 1. The third-order valence-electron chi connectivity index (χ3n) is 4.21. The van der Waals surface area contributed by atoms with E-state index in [0.717, 1.165) is 27.5 Å². The van der Waals surface area contributed by atoms with Crippen molar-refractivity contribution >= 4 is 22.2 Å². The molecule has 3 aromatic heterocycles. The molecule has 1 amide bonds. The fraction of sp³-hybridized carbons (Fsp3) is 0.150. The molecule has 0 atom stereocenters. The van der Waals surface area contributed by atoms with Gasteiger partial charge in [-0.05, 0) is 24.6 Å². The molecule has 0 spiro atoms. The summed E-state index contributed by atoms with van der Waals surface area (Å²) in [6, 6.07) is 12.1. The first-order valence-corrected chi connectivity index (χ1v) is 9.25. The number of carbonyl (C=O) groups excluding carboxylic acids is 1. The number of fused-ring (bicyclic) bond motifs is 1. The largest absolute Gasteiger partial charge is 0.352 e. The van der Waals surface area contributed by atoms with Gasteiger partial charge >= 0.3 is 0 Å². The molecular weight excluding hydrogens is 344 g/mol. The molecule has 6 heteroatoms. The third kappa shape index (κ3) is 3.50. The van der Waals surface area contributed by atoms with Crippen LogP contribution in [0.1, 0.15) is 16.8 Å².